The number of aryl methyl sites for hydroxylation is 1. The van der Waals surface area contributed by atoms with Gasteiger partial charge in [-0.25, -0.2) is 8.78 Å². The van der Waals surface area contributed by atoms with E-state index in [-0.39, 0.29) is 5.56 Å². The van der Waals surface area contributed by atoms with Crippen LogP contribution in [0.1, 0.15) is 29.8 Å². The first-order valence-corrected chi connectivity index (χ1v) is 6.70. The first-order chi connectivity index (χ1) is 9.65. The Morgan fingerprint density at radius 1 is 1.15 bits per heavy atom. The van der Waals surface area contributed by atoms with Gasteiger partial charge >= 0.3 is 0 Å². The van der Waals surface area contributed by atoms with E-state index in [0.29, 0.717) is 6.42 Å². The molecule has 4 heteroatoms. The van der Waals surface area contributed by atoms with E-state index < -0.39 is 17.7 Å². The number of nitrogens with one attached hydrogen (secondary N) is 1. The molecule has 0 saturated heterocycles. The van der Waals surface area contributed by atoms with Gasteiger partial charge in [-0.2, -0.15) is 0 Å². The molecule has 2 rings (SSSR count). The van der Waals surface area contributed by atoms with Gasteiger partial charge in [0.25, 0.3) is 0 Å². The summed E-state index contributed by atoms with van der Waals surface area (Å²) in [5, 5.41) is 2.96. The van der Waals surface area contributed by atoms with Crippen LogP contribution >= 0.6 is 0 Å². The van der Waals surface area contributed by atoms with Crippen molar-refractivity contribution >= 4 is 0 Å². The number of hydrogen-bond acceptors (Lipinski definition) is 2. The maximum absolute atomic E-state index is 13.8. The minimum atomic E-state index is -0.533. The molecule has 106 valence electrons. The third-order valence-corrected chi connectivity index (χ3v) is 3.40. The third kappa shape index (κ3) is 3.20. The van der Waals surface area contributed by atoms with E-state index in [1.54, 1.807) is 13.2 Å². The molecule has 1 heterocycles. The van der Waals surface area contributed by atoms with Gasteiger partial charge < -0.3 is 5.32 Å². The number of benzene rings is 1. The topological polar surface area (TPSA) is 24.9 Å². The van der Waals surface area contributed by atoms with E-state index in [0.717, 1.165) is 17.7 Å². The summed E-state index contributed by atoms with van der Waals surface area (Å²) in [6.45, 7) is 2.06. The molecular weight excluding hydrogens is 258 g/mol. The standard InChI is InChI=1S/C16H18F2N2/c1-3-11-7-8-12(20-10-11)9-15(19-2)16-13(17)5-4-6-14(16)18/h4-8,10,15,19H,3,9H2,1-2H3. The summed E-state index contributed by atoms with van der Waals surface area (Å²) < 4.78 is 27.6. The van der Waals surface area contributed by atoms with E-state index in [4.69, 9.17) is 0 Å². The Hall–Kier alpha value is -1.81. The Bertz CT molecular complexity index is 547. The molecule has 0 spiro atoms. The Morgan fingerprint density at radius 2 is 1.85 bits per heavy atom. The van der Waals surface area contributed by atoms with Gasteiger partial charge in [0.15, 0.2) is 0 Å². The fourth-order valence-electron chi connectivity index (χ4n) is 2.19. The molecule has 0 aliphatic rings. The molecule has 1 unspecified atom stereocenters. The second kappa shape index (κ2) is 6.57. The minimum absolute atomic E-state index is 0.0661. The van der Waals surface area contributed by atoms with E-state index in [1.165, 1.54) is 18.2 Å². The third-order valence-electron chi connectivity index (χ3n) is 3.40. The number of aromatic nitrogens is 1. The summed E-state index contributed by atoms with van der Waals surface area (Å²) in [4.78, 5) is 4.34. The molecule has 20 heavy (non-hydrogen) atoms. The summed E-state index contributed by atoms with van der Waals surface area (Å²) >= 11 is 0. The van der Waals surface area contributed by atoms with Gasteiger partial charge in [0.05, 0.1) is 0 Å². The van der Waals surface area contributed by atoms with Gasteiger partial charge in [0.2, 0.25) is 0 Å². The van der Waals surface area contributed by atoms with Gasteiger partial charge in [0, 0.05) is 29.9 Å². The highest BCUT2D eigenvalue weighted by Gasteiger charge is 2.19. The van der Waals surface area contributed by atoms with Gasteiger partial charge in [-0.15, -0.1) is 0 Å². The van der Waals surface area contributed by atoms with Crippen LogP contribution in [0.2, 0.25) is 0 Å². The molecule has 1 atom stereocenters. The molecule has 0 aliphatic carbocycles. The summed E-state index contributed by atoms with van der Waals surface area (Å²) in [6.07, 6.45) is 3.17. The zero-order chi connectivity index (χ0) is 14.5. The summed E-state index contributed by atoms with van der Waals surface area (Å²) in [5.74, 6) is -1.07. The molecule has 2 nitrogen and oxygen atoms in total. The van der Waals surface area contributed by atoms with Gasteiger partial charge in [-0.3, -0.25) is 4.98 Å². The highest BCUT2D eigenvalue weighted by Crippen LogP contribution is 2.23. The summed E-state index contributed by atoms with van der Waals surface area (Å²) in [5.41, 5.74) is 2.02. The Morgan fingerprint density at radius 3 is 2.35 bits per heavy atom. The Kier molecular flexibility index (Phi) is 4.79. The number of hydrogen-bond donors (Lipinski definition) is 1. The average Bonchev–Trinajstić information content (AvgIpc) is 2.46. The maximum atomic E-state index is 13.8. The lowest BCUT2D eigenvalue weighted by molar-refractivity contribution is 0.487. The van der Waals surface area contributed by atoms with Crippen LogP contribution < -0.4 is 5.32 Å². The zero-order valence-electron chi connectivity index (χ0n) is 11.7. The average molecular weight is 276 g/mol. The van der Waals surface area contributed by atoms with Crippen molar-refractivity contribution in [2.24, 2.45) is 0 Å². The number of likely N-dealkylation sites (N-methyl/N-ethyl adjacent to an activating group) is 1. The first-order valence-electron chi connectivity index (χ1n) is 6.70. The smallest absolute Gasteiger partial charge is 0.130 e. The maximum Gasteiger partial charge on any atom is 0.130 e. The lowest BCUT2D eigenvalue weighted by atomic mass is 10.00. The molecule has 0 bridgehead atoms. The Labute approximate surface area is 117 Å². The van der Waals surface area contributed by atoms with Gasteiger partial charge in [-0.05, 0) is 37.2 Å². The summed E-state index contributed by atoms with van der Waals surface area (Å²) in [7, 11) is 1.69. The molecule has 0 radical (unpaired) electrons. The van der Waals surface area contributed by atoms with Gasteiger partial charge in [0.1, 0.15) is 11.6 Å². The first kappa shape index (κ1) is 14.6. The number of rotatable bonds is 5. The highest BCUT2D eigenvalue weighted by atomic mass is 19.1. The monoisotopic (exact) mass is 276 g/mol. The molecule has 0 aliphatic heterocycles. The molecule has 0 saturated carbocycles. The van der Waals surface area contributed by atoms with Crippen molar-refractivity contribution in [1.29, 1.82) is 0 Å². The second-order valence-electron chi connectivity index (χ2n) is 4.69. The normalized spacial score (nSPS) is 12.4. The summed E-state index contributed by atoms with van der Waals surface area (Å²) in [6, 6.07) is 7.38. The van der Waals surface area contributed by atoms with Crippen molar-refractivity contribution in [3.05, 3.63) is 65.0 Å². The van der Waals surface area contributed by atoms with Crippen LogP contribution in [0.15, 0.2) is 36.5 Å². The van der Waals surface area contributed by atoms with Crippen LogP contribution in [0.3, 0.4) is 0 Å². The van der Waals surface area contributed by atoms with Crippen molar-refractivity contribution < 1.29 is 8.78 Å². The predicted octanol–water partition coefficient (Wildman–Crippen LogP) is 3.43. The molecule has 0 fully saturated rings. The molecular formula is C16H18F2N2. The fraction of sp³-hybridized carbons (Fsp3) is 0.312. The van der Waals surface area contributed by atoms with E-state index in [9.17, 15) is 8.78 Å². The largest absolute Gasteiger partial charge is 0.312 e. The van der Waals surface area contributed by atoms with Crippen LogP contribution in [0.4, 0.5) is 8.78 Å². The minimum Gasteiger partial charge on any atom is -0.312 e. The second-order valence-corrected chi connectivity index (χ2v) is 4.69. The van der Waals surface area contributed by atoms with E-state index >= 15 is 0 Å². The number of nitrogens with zero attached hydrogens (tertiary/aromatic N) is 1. The van der Waals surface area contributed by atoms with Crippen LogP contribution in [0.25, 0.3) is 0 Å². The molecule has 1 aromatic heterocycles. The van der Waals surface area contributed by atoms with Crippen LogP contribution in [0.5, 0.6) is 0 Å². The van der Waals surface area contributed by atoms with Crippen molar-refractivity contribution in [2.75, 3.05) is 7.05 Å². The van der Waals surface area contributed by atoms with Crippen molar-refractivity contribution in [3.63, 3.8) is 0 Å². The highest BCUT2D eigenvalue weighted by molar-refractivity contribution is 5.25. The quantitative estimate of drug-likeness (QED) is 0.905. The lowest BCUT2D eigenvalue weighted by Gasteiger charge is -2.17. The molecule has 1 aromatic carbocycles. The van der Waals surface area contributed by atoms with Crippen LogP contribution in [-0.2, 0) is 12.8 Å². The van der Waals surface area contributed by atoms with Crippen LogP contribution in [0, 0.1) is 11.6 Å². The SMILES string of the molecule is CCc1ccc(CC(NC)c2c(F)cccc2F)nc1. The molecule has 0 amide bonds. The molecule has 1 N–H and O–H groups in total. The van der Waals surface area contributed by atoms with Crippen molar-refractivity contribution in [1.82, 2.24) is 10.3 Å². The zero-order valence-corrected chi connectivity index (χ0v) is 11.7. The number of halogens is 2. The predicted molar refractivity (Wildman–Crippen MR) is 75.5 cm³/mol. The van der Waals surface area contributed by atoms with E-state index in [2.05, 4.69) is 17.2 Å². The van der Waals surface area contributed by atoms with Crippen LogP contribution in [-0.4, -0.2) is 12.0 Å². The van der Waals surface area contributed by atoms with Crippen molar-refractivity contribution in [2.45, 2.75) is 25.8 Å². The fourth-order valence-corrected chi connectivity index (χ4v) is 2.19. The molecule has 2 aromatic rings. The lowest BCUT2D eigenvalue weighted by Crippen LogP contribution is -2.22. The number of pyridine rings is 1. The van der Waals surface area contributed by atoms with E-state index in [1.807, 2.05) is 12.1 Å². The Balaban J connectivity index is 2.24. The van der Waals surface area contributed by atoms with Gasteiger partial charge in [-0.1, -0.05) is 19.1 Å². The van der Waals surface area contributed by atoms with Crippen molar-refractivity contribution in [3.8, 4) is 0 Å².